The van der Waals surface area contributed by atoms with Crippen LogP contribution in [0.3, 0.4) is 0 Å². The molecular weight excluding hydrogens is 322 g/mol. The van der Waals surface area contributed by atoms with Gasteiger partial charge in [0.15, 0.2) is 0 Å². The number of quaternary nitrogens is 1. The van der Waals surface area contributed by atoms with Crippen LogP contribution < -0.4 is 4.90 Å². The summed E-state index contributed by atoms with van der Waals surface area (Å²) in [6.45, 7) is 2.61. The van der Waals surface area contributed by atoms with Crippen molar-refractivity contribution in [3.63, 3.8) is 0 Å². The molecule has 0 amide bonds. The van der Waals surface area contributed by atoms with Crippen LogP contribution in [0.4, 0.5) is 0 Å². The molecule has 2 aromatic rings. The van der Waals surface area contributed by atoms with Crippen LogP contribution in [-0.4, -0.2) is 13.1 Å². The van der Waals surface area contributed by atoms with Crippen LogP contribution in [0, 0.1) is 0 Å². The summed E-state index contributed by atoms with van der Waals surface area (Å²) < 4.78 is 0. The van der Waals surface area contributed by atoms with Crippen LogP contribution in [0.25, 0.3) is 0 Å². The van der Waals surface area contributed by atoms with E-state index in [2.05, 4.69) is 36.4 Å². The Labute approximate surface area is 148 Å². The molecule has 0 aliphatic carbocycles. The summed E-state index contributed by atoms with van der Waals surface area (Å²) in [7, 11) is 0. The van der Waals surface area contributed by atoms with E-state index in [1.807, 2.05) is 17.8 Å². The van der Waals surface area contributed by atoms with Gasteiger partial charge in [-0.25, -0.2) is 0 Å². The fraction of sp³-hybridized carbons (Fsp3) is 0.400. The molecule has 1 N–H and O–H groups in total. The zero-order valence-corrected chi connectivity index (χ0v) is 14.9. The van der Waals surface area contributed by atoms with Crippen LogP contribution in [0.15, 0.2) is 52.3 Å². The van der Waals surface area contributed by atoms with E-state index in [9.17, 15) is 0 Å². The van der Waals surface area contributed by atoms with Crippen molar-refractivity contribution in [1.82, 2.24) is 0 Å². The molecule has 0 spiro atoms. The lowest BCUT2D eigenvalue weighted by molar-refractivity contribution is -0.931. The highest BCUT2D eigenvalue weighted by Gasteiger charge is 2.30. The second-order valence-electron chi connectivity index (χ2n) is 6.72. The van der Waals surface area contributed by atoms with E-state index in [-0.39, 0.29) is 0 Å². The number of fused-ring (bicyclic) bond motifs is 2. The minimum atomic E-state index is 0.566. The van der Waals surface area contributed by atoms with Gasteiger partial charge in [-0.15, -0.1) is 0 Å². The molecule has 1 nitrogen and oxygen atoms in total. The maximum atomic E-state index is 6.28. The molecule has 2 aromatic carbocycles. The Kier molecular flexibility index (Phi) is 4.66. The molecule has 120 valence electrons. The molecule has 2 aliphatic rings. The van der Waals surface area contributed by atoms with Crippen LogP contribution in [0.5, 0.6) is 0 Å². The lowest BCUT2D eigenvalue weighted by atomic mass is 9.97. The smallest absolute Gasteiger partial charge is 0.118 e. The number of benzene rings is 2. The second-order valence-corrected chi connectivity index (χ2v) is 8.24. The Bertz CT molecular complexity index is 692. The third-order valence-corrected chi connectivity index (χ3v) is 6.64. The van der Waals surface area contributed by atoms with Gasteiger partial charge in [0.1, 0.15) is 6.04 Å². The van der Waals surface area contributed by atoms with E-state index in [1.165, 1.54) is 59.7 Å². The van der Waals surface area contributed by atoms with Gasteiger partial charge in [0, 0.05) is 26.8 Å². The molecule has 0 bridgehead atoms. The number of hydrogen-bond acceptors (Lipinski definition) is 1. The van der Waals surface area contributed by atoms with Crippen molar-refractivity contribution in [2.75, 3.05) is 13.1 Å². The highest BCUT2D eigenvalue weighted by atomic mass is 35.5. The molecule has 23 heavy (non-hydrogen) atoms. The molecular formula is C20H23ClNS+. The van der Waals surface area contributed by atoms with E-state index < -0.39 is 0 Å². The highest BCUT2D eigenvalue weighted by molar-refractivity contribution is 7.99. The predicted octanol–water partition coefficient (Wildman–Crippen LogP) is 4.55. The van der Waals surface area contributed by atoms with Gasteiger partial charge in [-0.3, -0.25) is 0 Å². The van der Waals surface area contributed by atoms with Gasteiger partial charge in [0.2, 0.25) is 0 Å². The number of rotatable bonds is 1. The Balaban J connectivity index is 1.76. The van der Waals surface area contributed by atoms with E-state index in [0.717, 1.165) is 11.4 Å². The third-order valence-electron chi connectivity index (χ3n) is 5.20. The third kappa shape index (κ3) is 3.31. The summed E-state index contributed by atoms with van der Waals surface area (Å²) in [5.41, 5.74) is 2.95. The van der Waals surface area contributed by atoms with Crippen LogP contribution in [0.2, 0.25) is 5.02 Å². The Hall–Kier alpha value is -0.960. The van der Waals surface area contributed by atoms with E-state index in [1.54, 1.807) is 4.90 Å². The van der Waals surface area contributed by atoms with E-state index >= 15 is 0 Å². The fourth-order valence-electron chi connectivity index (χ4n) is 4.01. The lowest BCUT2D eigenvalue weighted by Crippen LogP contribution is -3.12. The first-order valence-corrected chi connectivity index (χ1v) is 9.90. The zero-order chi connectivity index (χ0) is 15.6. The standard InChI is InChI=1S/C20H22ClNS/c21-16-9-10-19-15(13-16)14-18(22-11-5-1-2-6-12-22)17-7-3-4-8-20(17)23-19/h3-4,7-10,13,18H,1-2,5-6,11-12,14H2/p+1/t18-/m0/s1. The molecule has 1 atom stereocenters. The van der Waals surface area contributed by atoms with Crippen molar-refractivity contribution in [1.29, 1.82) is 0 Å². The van der Waals surface area contributed by atoms with Gasteiger partial charge in [0.05, 0.1) is 13.1 Å². The summed E-state index contributed by atoms with van der Waals surface area (Å²) in [4.78, 5) is 4.57. The van der Waals surface area contributed by atoms with Crippen LogP contribution in [0.1, 0.15) is 42.9 Å². The van der Waals surface area contributed by atoms with Gasteiger partial charge in [-0.05, 0) is 55.5 Å². The van der Waals surface area contributed by atoms with Crippen molar-refractivity contribution in [2.45, 2.75) is 47.9 Å². The molecule has 2 aliphatic heterocycles. The van der Waals surface area contributed by atoms with Gasteiger partial charge < -0.3 is 4.90 Å². The second kappa shape index (κ2) is 6.88. The minimum absolute atomic E-state index is 0.566. The molecule has 2 heterocycles. The quantitative estimate of drug-likeness (QED) is 0.795. The highest BCUT2D eigenvalue weighted by Crippen LogP contribution is 2.40. The van der Waals surface area contributed by atoms with Crippen molar-refractivity contribution >= 4 is 23.4 Å². The predicted molar refractivity (Wildman–Crippen MR) is 97.6 cm³/mol. The average molecular weight is 345 g/mol. The first-order chi connectivity index (χ1) is 11.3. The Morgan fingerprint density at radius 1 is 0.913 bits per heavy atom. The van der Waals surface area contributed by atoms with Gasteiger partial charge in [-0.2, -0.15) is 0 Å². The van der Waals surface area contributed by atoms with E-state index in [4.69, 9.17) is 11.6 Å². The zero-order valence-electron chi connectivity index (χ0n) is 13.4. The molecule has 4 rings (SSSR count). The van der Waals surface area contributed by atoms with Gasteiger partial charge in [0.25, 0.3) is 0 Å². The molecule has 1 fully saturated rings. The topological polar surface area (TPSA) is 4.44 Å². The Morgan fingerprint density at radius 3 is 2.52 bits per heavy atom. The SMILES string of the molecule is Clc1ccc2c(c1)C[C@H]([NH+]1CCCCCC1)c1ccccc1S2. The summed E-state index contributed by atoms with van der Waals surface area (Å²) in [6.07, 6.45) is 6.63. The molecule has 0 unspecified atom stereocenters. The monoisotopic (exact) mass is 344 g/mol. The van der Waals surface area contributed by atoms with Crippen molar-refractivity contribution < 1.29 is 4.90 Å². The van der Waals surface area contributed by atoms with Crippen LogP contribution in [-0.2, 0) is 6.42 Å². The minimum Gasteiger partial charge on any atom is -0.328 e. The molecule has 1 saturated heterocycles. The number of nitrogens with one attached hydrogen (secondary N) is 1. The summed E-state index contributed by atoms with van der Waals surface area (Å²) in [6, 6.07) is 16.0. The van der Waals surface area contributed by atoms with Crippen molar-refractivity contribution in [3.05, 3.63) is 58.6 Å². The maximum Gasteiger partial charge on any atom is 0.118 e. The molecule has 0 radical (unpaired) electrons. The van der Waals surface area contributed by atoms with Crippen LogP contribution >= 0.6 is 23.4 Å². The summed E-state index contributed by atoms with van der Waals surface area (Å²) >= 11 is 8.20. The molecule has 0 aromatic heterocycles. The molecule has 0 saturated carbocycles. The normalized spacial score (nSPS) is 21.9. The first-order valence-electron chi connectivity index (χ1n) is 8.71. The first kappa shape index (κ1) is 15.6. The largest absolute Gasteiger partial charge is 0.328 e. The lowest BCUT2D eigenvalue weighted by Gasteiger charge is -2.28. The fourth-order valence-corrected chi connectivity index (χ4v) is 5.33. The number of likely N-dealkylation sites (tertiary alicyclic amines) is 1. The van der Waals surface area contributed by atoms with Gasteiger partial charge in [-0.1, -0.05) is 41.6 Å². The number of hydrogen-bond donors (Lipinski definition) is 1. The summed E-state index contributed by atoms with van der Waals surface area (Å²) in [5.74, 6) is 0. The Morgan fingerprint density at radius 2 is 1.70 bits per heavy atom. The summed E-state index contributed by atoms with van der Waals surface area (Å²) in [5, 5.41) is 0.861. The van der Waals surface area contributed by atoms with Gasteiger partial charge >= 0.3 is 0 Å². The van der Waals surface area contributed by atoms with Crippen molar-refractivity contribution in [2.24, 2.45) is 0 Å². The van der Waals surface area contributed by atoms with Crippen molar-refractivity contribution in [3.8, 4) is 0 Å². The molecule has 3 heteroatoms. The number of halogens is 1. The van der Waals surface area contributed by atoms with E-state index in [0.29, 0.717) is 6.04 Å². The average Bonchev–Trinajstić information content (AvgIpc) is 2.91. The maximum absolute atomic E-state index is 6.28.